The molecule has 55 heavy (non-hydrogen) atoms. The second kappa shape index (κ2) is 39.0. The van der Waals surface area contributed by atoms with Gasteiger partial charge in [-0.3, -0.25) is 13.8 Å². The molecule has 0 aliphatic rings. The van der Waals surface area contributed by atoms with Crippen LogP contribution in [0, 0.1) is 0 Å². The molecule has 0 aromatic rings. The Labute approximate surface area is 342 Å². The molecular formula is C46H96N2O6P+. The number of quaternary nitrogens is 1. The number of aliphatic hydroxyl groups is 1. The number of phosphoric ester groups is 1. The van der Waals surface area contributed by atoms with Crippen LogP contribution < -0.4 is 5.32 Å². The lowest BCUT2D eigenvalue weighted by Gasteiger charge is -2.26. The van der Waals surface area contributed by atoms with Crippen molar-refractivity contribution in [3.8, 4) is 0 Å². The van der Waals surface area contributed by atoms with Crippen molar-refractivity contribution < 1.29 is 32.9 Å². The summed E-state index contributed by atoms with van der Waals surface area (Å²) in [5, 5.41) is 14.0. The molecule has 8 nitrogen and oxygen atoms in total. The molecule has 330 valence electrons. The number of likely N-dealkylation sites (N-methyl/N-ethyl adjacent to an activating group) is 1. The lowest BCUT2D eigenvalue weighted by atomic mass is 10.0. The molecule has 0 saturated carbocycles. The molecule has 3 N–H and O–H groups in total. The van der Waals surface area contributed by atoms with Crippen LogP contribution in [0.15, 0.2) is 0 Å². The molecule has 0 saturated heterocycles. The summed E-state index contributed by atoms with van der Waals surface area (Å²) in [5.41, 5.74) is 0. The predicted octanol–water partition coefficient (Wildman–Crippen LogP) is 13.4. The number of nitrogens with zero attached hydrogens (tertiary/aromatic N) is 1. The summed E-state index contributed by atoms with van der Waals surface area (Å²) in [4.78, 5) is 23.2. The van der Waals surface area contributed by atoms with Crippen molar-refractivity contribution in [1.82, 2.24) is 5.32 Å². The minimum Gasteiger partial charge on any atom is -0.391 e. The first-order chi connectivity index (χ1) is 26.5. The van der Waals surface area contributed by atoms with E-state index in [1.807, 2.05) is 21.1 Å². The first-order valence-electron chi connectivity index (χ1n) is 23.9. The highest BCUT2D eigenvalue weighted by molar-refractivity contribution is 7.47. The van der Waals surface area contributed by atoms with Crippen LogP contribution in [-0.4, -0.2) is 73.4 Å². The lowest BCUT2D eigenvalue weighted by molar-refractivity contribution is -0.870. The Bertz CT molecular complexity index is 870. The normalized spacial score (nSPS) is 14.2. The summed E-state index contributed by atoms with van der Waals surface area (Å²) in [5.74, 6) is -0.140. The van der Waals surface area contributed by atoms with Crippen LogP contribution in [0.4, 0.5) is 0 Å². The van der Waals surface area contributed by atoms with Gasteiger partial charge in [0.25, 0.3) is 0 Å². The average molecular weight is 804 g/mol. The van der Waals surface area contributed by atoms with Gasteiger partial charge in [0.2, 0.25) is 5.91 Å². The molecular weight excluding hydrogens is 707 g/mol. The van der Waals surface area contributed by atoms with Crippen LogP contribution in [0.1, 0.15) is 239 Å². The maximum atomic E-state index is 12.9. The van der Waals surface area contributed by atoms with Gasteiger partial charge in [0.05, 0.1) is 39.9 Å². The number of rotatable bonds is 44. The molecule has 0 aliphatic carbocycles. The van der Waals surface area contributed by atoms with Gasteiger partial charge < -0.3 is 19.8 Å². The van der Waals surface area contributed by atoms with Gasteiger partial charge in [-0.1, -0.05) is 219 Å². The van der Waals surface area contributed by atoms with Gasteiger partial charge in [0, 0.05) is 6.42 Å². The molecule has 0 spiro atoms. The number of carbonyl (C=O) groups is 1. The van der Waals surface area contributed by atoms with E-state index in [-0.39, 0.29) is 19.1 Å². The number of aliphatic hydroxyl groups excluding tert-OH is 1. The average Bonchev–Trinajstić information content (AvgIpc) is 3.13. The minimum atomic E-state index is -4.31. The summed E-state index contributed by atoms with van der Waals surface area (Å²) >= 11 is 0. The fourth-order valence-electron chi connectivity index (χ4n) is 7.28. The number of amides is 1. The Morgan fingerprint density at radius 3 is 1.22 bits per heavy atom. The SMILES string of the molecule is CCCCCCCCCCCCCCCCCCCCCCCC(=O)NC(COP(=O)(O)OCC[N+](C)(C)C)C(O)CCCCCCCCCCCCCC. The monoisotopic (exact) mass is 804 g/mol. The smallest absolute Gasteiger partial charge is 0.391 e. The topological polar surface area (TPSA) is 105 Å². The summed E-state index contributed by atoms with van der Waals surface area (Å²) in [7, 11) is 1.63. The van der Waals surface area contributed by atoms with Crippen LogP contribution in [-0.2, 0) is 18.4 Å². The molecule has 9 heteroatoms. The standard InChI is InChI=1S/C46H95N2O6P/c1-6-8-10-12-14-16-18-20-21-22-23-24-25-26-27-28-30-32-34-36-38-40-46(50)47-44(43-54-55(51,52)53-42-41-48(3,4)5)45(49)39-37-35-33-31-29-19-17-15-13-11-9-7-2/h44-45,49H,6-43H2,1-5H3,(H-,47,50,51,52)/p+1. The number of unbranched alkanes of at least 4 members (excludes halogenated alkanes) is 31. The number of hydrogen-bond donors (Lipinski definition) is 3. The Morgan fingerprint density at radius 1 is 0.545 bits per heavy atom. The second-order valence-electron chi connectivity index (χ2n) is 17.9. The van der Waals surface area contributed by atoms with Crippen molar-refractivity contribution in [2.75, 3.05) is 40.9 Å². The first-order valence-corrected chi connectivity index (χ1v) is 25.4. The van der Waals surface area contributed by atoms with Crippen LogP contribution in [0.5, 0.6) is 0 Å². The third-order valence-corrected chi connectivity index (χ3v) is 12.1. The molecule has 0 heterocycles. The zero-order chi connectivity index (χ0) is 40.7. The van der Waals surface area contributed by atoms with E-state index in [0.29, 0.717) is 23.9 Å². The Kier molecular flexibility index (Phi) is 38.6. The van der Waals surface area contributed by atoms with Gasteiger partial charge in [-0.25, -0.2) is 4.57 Å². The molecule has 1 amide bonds. The van der Waals surface area contributed by atoms with E-state index in [1.54, 1.807) is 0 Å². The number of hydrogen-bond acceptors (Lipinski definition) is 5. The number of phosphoric acid groups is 1. The van der Waals surface area contributed by atoms with Gasteiger partial charge in [-0.15, -0.1) is 0 Å². The Balaban J connectivity index is 4.20. The van der Waals surface area contributed by atoms with E-state index >= 15 is 0 Å². The second-order valence-corrected chi connectivity index (χ2v) is 19.3. The molecule has 0 rings (SSSR count). The van der Waals surface area contributed by atoms with Crippen molar-refractivity contribution in [3.05, 3.63) is 0 Å². The van der Waals surface area contributed by atoms with Crippen molar-refractivity contribution in [3.63, 3.8) is 0 Å². The lowest BCUT2D eigenvalue weighted by Crippen LogP contribution is -2.46. The molecule has 0 aliphatic heterocycles. The summed E-state index contributed by atoms with van der Waals surface area (Å²) in [6.45, 7) is 4.91. The van der Waals surface area contributed by atoms with E-state index in [0.717, 1.165) is 38.5 Å². The van der Waals surface area contributed by atoms with Gasteiger partial charge in [-0.05, 0) is 12.8 Å². The zero-order valence-corrected chi connectivity index (χ0v) is 38.3. The third-order valence-electron chi connectivity index (χ3n) is 11.1. The minimum absolute atomic E-state index is 0.0786. The van der Waals surface area contributed by atoms with E-state index in [1.165, 1.54) is 173 Å². The summed E-state index contributed by atoms with van der Waals surface area (Å²) in [6, 6.07) is -0.752. The summed E-state index contributed by atoms with van der Waals surface area (Å²) in [6.07, 6.45) is 42.7. The Morgan fingerprint density at radius 2 is 0.873 bits per heavy atom. The van der Waals surface area contributed by atoms with Crippen molar-refractivity contribution in [1.29, 1.82) is 0 Å². The van der Waals surface area contributed by atoms with E-state index in [4.69, 9.17) is 9.05 Å². The van der Waals surface area contributed by atoms with Crippen LogP contribution in [0.2, 0.25) is 0 Å². The van der Waals surface area contributed by atoms with Gasteiger partial charge in [0.1, 0.15) is 13.2 Å². The maximum Gasteiger partial charge on any atom is 0.472 e. The van der Waals surface area contributed by atoms with E-state index in [2.05, 4.69) is 19.2 Å². The van der Waals surface area contributed by atoms with Crippen molar-refractivity contribution >= 4 is 13.7 Å². The van der Waals surface area contributed by atoms with Gasteiger partial charge >= 0.3 is 7.82 Å². The molecule has 0 radical (unpaired) electrons. The molecule has 0 aromatic heterocycles. The largest absolute Gasteiger partial charge is 0.472 e. The highest BCUT2D eigenvalue weighted by Crippen LogP contribution is 2.43. The van der Waals surface area contributed by atoms with Crippen molar-refractivity contribution in [2.45, 2.75) is 251 Å². The highest BCUT2D eigenvalue weighted by atomic mass is 31.2. The van der Waals surface area contributed by atoms with E-state index < -0.39 is 20.0 Å². The first kappa shape index (κ1) is 54.5. The van der Waals surface area contributed by atoms with Crippen molar-refractivity contribution in [2.24, 2.45) is 0 Å². The van der Waals surface area contributed by atoms with Gasteiger partial charge in [0.15, 0.2) is 0 Å². The maximum absolute atomic E-state index is 12.9. The van der Waals surface area contributed by atoms with E-state index in [9.17, 15) is 19.4 Å². The highest BCUT2D eigenvalue weighted by Gasteiger charge is 2.28. The zero-order valence-electron chi connectivity index (χ0n) is 37.4. The fraction of sp³-hybridized carbons (Fsp3) is 0.978. The number of carbonyl (C=O) groups excluding carboxylic acids is 1. The van der Waals surface area contributed by atoms with Gasteiger partial charge in [-0.2, -0.15) is 0 Å². The van der Waals surface area contributed by atoms with Crippen LogP contribution in [0.25, 0.3) is 0 Å². The van der Waals surface area contributed by atoms with Crippen LogP contribution in [0.3, 0.4) is 0 Å². The molecule has 0 aromatic carbocycles. The summed E-state index contributed by atoms with van der Waals surface area (Å²) < 4.78 is 23.6. The predicted molar refractivity (Wildman–Crippen MR) is 236 cm³/mol. The fourth-order valence-corrected chi connectivity index (χ4v) is 8.02. The molecule has 3 atom stereocenters. The quantitative estimate of drug-likeness (QED) is 0.0322. The third kappa shape index (κ3) is 41.5. The molecule has 0 bridgehead atoms. The molecule has 0 fully saturated rings. The molecule has 3 unspecified atom stereocenters. The number of nitrogens with one attached hydrogen (secondary N) is 1. The Hall–Kier alpha value is -0.500. The van der Waals surface area contributed by atoms with Crippen LogP contribution >= 0.6 is 7.82 Å².